The summed E-state index contributed by atoms with van der Waals surface area (Å²) >= 11 is 0. The van der Waals surface area contributed by atoms with E-state index in [1.807, 2.05) is 0 Å². The molecule has 1 heteroatoms. The molecule has 1 aliphatic carbocycles. The Bertz CT molecular complexity index is 3500. The lowest BCUT2D eigenvalue weighted by molar-refractivity contribution is 0.579. The lowest BCUT2D eigenvalue weighted by atomic mass is 9.79. The minimum atomic E-state index is 0.320. The highest BCUT2D eigenvalue weighted by atomic mass is 15.0. The van der Waals surface area contributed by atoms with Gasteiger partial charge in [0.1, 0.15) is 0 Å². The number of fused-ring (bicyclic) bond motifs is 6. The fraction of sp³-hybridized carbons (Fsp3) is 0.0625. The molecule has 1 heterocycles. The van der Waals surface area contributed by atoms with Crippen molar-refractivity contribution in [1.82, 2.24) is 4.57 Å². The van der Waals surface area contributed by atoms with Crippen LogP contribution in [0, 0.1) is 0 Å². The zero-order chi connectivity index (χ0) is 43.3. The summed E-state index contributed by atoms with van der Waals surface area (Å²) in [6.07, 6.45) is 0.989. The van der Waals surface area contributed by atoms with Crippen molar-refractivity contribution in [2.45, 2.75) is 25.2 Å². The maximum absolute atomic E-state index is 2.46. The molecule has 1 aliphatic rings. The van der Waals surface area contributed by atoms with Gasteiger partial charge in [0.05, 0.1) is 11.0 Å². The van der Waals surface area contributed by atoms with E-state index in [1.165, 1.54) is 105 Å². The highest BCUT2D eigenvalue weighted by Gasteiger charge is 2.29. The smallest absolute Gasteiger partial charge is 0.0541 e. The molecular weight excluding hydrogens is 783 g/mol. The standard InChI is InChI=1S/C64H47N/c1-43-57-36-34-52(40-61(57)58-23-9-8-18-55(58)42-60(43)54-21-12-19-50(38-54)48-30-26-46(27-31-48)44-14-4-2-5-15-44)53-35-37-64-62(41-53)59-24-10-11-25-63(59)65(64)56-22-13-20-51(39-56)49-32-28-47(29-33-49)45-16-6-3-7-17-45/h2-41,43,60H,42H2,1H3. The van der Waals surface area contributed by atoms with Crippen molar-refractivity contribution in [3.63, 3.8) is 0 Å². The first-order chi connectivity index (χ1) is 32.1. The number of para-hydroxylation sites is 1. The first-order valence-corrected chi connectivity index (χ1v) is 22.9. The SMILES string of the molecule is CC1c2ccc(-c3ccc4c(c3)c3ccccc3n4-c3cccc(-c4ccc(-c5ccccc5)cc4)c3)cc2-c2ccccc2CC1c1cccc(-c2ccc(-c3ccccc3)cc2)c1. The molecule has 0 radical (unpaired) electrons. The normalized spacial score (nSPS) is 14.5. The molecular formula is C64H47N. The first-order valence-electron chi connectivity index (χ1n) is 22.9. The highest BCUT2D eigenvalue weighted by Crippen LogP contribution is 2.47. The van der Waals surface area contributed by atoms with Crippen LogP contribution in [0.4, 0.5) is 0 Å². The first kappa shape index (κ1) is 38.7. The Morgan fingerprint density at radius 2 is 0.831 bits per heavy atom. The van der Waals surface area contributed by atoms with E-state index >= 15 is 0 Å². The summed E-state index contributed by atoms with van der Waals surface area (Å²) in [5.41, 5.74) is 22.8. The third-order valence-corrected chi connectivity index (χ3v) is 14.0. The molecule has 0 fully saturated rings. The number of benzene rings is 10. The van der Waals surface area contributed by atoms with Crippen molar-refractivity contribution in [1.29, 1.82) is 0 Å². The summed E-state index contributed by atoms with van der Waals surface area (Å²) in [6, 6.07) is 89.7. The van der Waals surface area contributed by atoms with Crippen molar-refractivity contribution in [2.75, 3.05) is 0 Å². The second-order valence-electron chi connectivity index (χ2n) is 17.7. The van der Waals surface area contributed by atoms with Gasteiger partial charge in [0.2, 0.25) is 0 Å². The van der Waals surface area contributed by atoms with Crippen molar-refractivity contribution in [3.8, 4) is 72.4 Å². The Balaban J connectivity index is 0.889. The molecule has 1 nitrogen and oxygen atoms in total. The summed E-state index contributed by atoms with van der Waals surface area (Å²) in [6.45, 7) is 2.44. The fourth-order valence-electron chi connectivity index (χ4n) is 10.5. The van der Waals surface area contributed by atoms with Crippen LogP contribution in [0.5, 0.6) is 0 Å². The van der Waals surface area contributed by atoms with Crippen LogP contribution >= 0.6 is 0 Å². The van der Waals surface area contributed by atoms with Gasteiger partial charge in [-0.15, -0.1) is 0 Å². The van der Waals surface area contributed by atoms with Gasteiger partial charge < -0.3 is 4.57 Å². The minimum Gasteiger partial charge on any atom is -0.309 e. The molecule has 308 valence electrons. The van der Waals surface area contributed by atoms with E-state index in [2.05, 4.69) is 254 Å². The molecule has 65 heavy (non-hydrogen) atoms. The molecule has 11 aromatic rings. The molecule has 0 saturated heterocycles. The molecule has 0 spiro atoms. The van der Waals surface area contributed by atoms with E-state index in [-0.39, 0.29) is 0 Å². The molecule has 0 saturated carbocycles. The summed E-state index contributed by atoms with van der Waals surface area (Å²) in [5.74, 6) is 0.654. The molecule has 12 rings (SSSR count). The predicted octanol–water partition coefficient (Wildman–Crippen LogP) is 17.2. The topological polar surface area (TPSA) is 4.93 Å². The molecule has 0 amide bonds. The van der Waals surface area contributed by atoms with E-state index in [1.54, 1.807) is 0 Å². The Hall–Kier alpha value is -8.00. The van der Waals surface area contributed by atoms with Crippen LogP contribution in [0.1, 0.15) is 35.4 Å². The predicted molar refractivity (Wildman–Crippen MR) is 275 cm³/mol. The molecule has 2 atom stereocenters. The average molecular weight is 830 g/mol. The van der Waals surface area contributed by atoms with Gasteiger partial charge in [-0.1, -0.05) is 213 Å². The molecule has 2 unspecified atom stereocenters. The molecule has 10 aromatic carbocycles. The monoisotopic (exact) mass is 829 g/mol. The highest BCUT2D eigenvalue weighted by molar-refractivity contribution is 6.10. The van der Waals surface area contributed by atoms with E-state index in [0.29, 0.717) is 11.8 Å². The van der Waals surface area contributed by atoms with Crippen LogP contribution in [0.15, 0.2) is 243 Å². The number of aromatic nitrogens is 1. The molecule has 0 aliphatic heterocycles. The van der Waals surface area contributed by atoms with Gasteiger partial charge in [-0.3, -0.25) is 0 Å². The van der Waals surface area contributed by atoms with E-state index in [4.69, 9.17) is 0 Å². The summed E-state index contributed by atoms with van der Waals surface area (Å²) in [4.78, 5) is 0. The fourth-order valence-corrected chi connectivity index (χ4v) is 10.5. The lowest BCUT2D eigenvalue weighted by Gasteiger charge is -2.25. The minimum absolute atomic E-state index is 0.320. The van der Waals surface area contributed by atoms with Crippen LogP contribution in [0.25, 0.3) is 94.3 Å². The lowest BCUT2D eigenvalue weighted by Crippen LogP contribution is -2.10. The Kier molecular flexibility index (Phi) is 9.68. The van der Waals surface area contributed by atoms with Gasteiger partial charge in [-0.05, 0) is 138 Å². The van der Waals surface area contributed by atoms with Gasteiger partial charge in [-0.2, -0.15) is 0 Å². The molecule has 0 N–H and O–H groups in total. The number of nitrogens with zero attached hydrogens (tertiary/aromatic N) is 1. The van der Waals surface area contributed by atoms with Gasteiger partial charge in [0, 0.05) is 16.5 Å². The van der Waals surface area contributed by atoms with Gasteiger partial charge >= 0.3 is 0 Å². The molecule has 1 aromatic heterocycles. The van der Waals surface area contributed by atoms with Crippen molar-refractivity contribution in [3.05, 3.63) is 259 Å². The maximum Gasteiger partial charge on any atom is 0.0541 e. The third kappa shape index (κ3) is 7.07. The van der Waals surface area contributed by atoms with Crippen molar-refractivity contribution in [2.24, 2.45) is 0 Å². The maximum atomic E-state index is 2.46. The second-order valence-corrected chi connectivity index (χ2v) is 17.7. The van der Waals surface area contributed by atoms with Crippen LogP contribution in [-0.2, 0) is 6.42 Å². The number of hydrogen-bond donors (Lipinski definition) is 0. The Morgan fingerprint density at radius 3 is 1.54 bits per heavy atom. The van der Waals surface area contributed by atoms with E-state index in [0.717, 1.165) is 12.1 Å². The largest absolute Gasteiger partial charge is 0.309 e. The van der Waals surface area contributed by atoms with Gasteiger partial charge in [0.15, 0.2) is 0 Å². The second kappa shape index (κ2) is 16.3. The summed E-state index contributed by atoms with van der Waals surface area (Å²) in [7, 11) is 0. The van der Waals surface area contributed by atoms with E-state index < -0.39 is 0 Å². The van der Waals surface area contributed by atoms with E-state index in [9.17, 15) is 0 Å². The number of rotatable bonds is 7. The van der Waals surface area contributed by atoms with Crippen LogP contribution in [0.3, 0.4) is 0 Å². The van der Waals surface area contributed by atoms with Gasteiger partial charge in [-0.25, -0.2) is 0 Å². The zero-order valence-corrected chi connectivity index (χ0v) is 36.4. The van der Waals surface area contributed by atoms with Crippen LogP contribution < -0.4 is 0 Å². The van der Waals surface area contributed by atoms with Crippen molar-refractivity contribution >= 4 is 21.8 Å². The number of hydrogen-bond acceptors (Lipinski definition) is 0. The van der Waals surface area contributed by atoms with Crippen LogP contribution in [-0.4, -0.2) is 4.57 Å². The Morgan fingerprint density at radius 1 is 0.338 bits per heavy atom. The average Bonchev–Trinajstić information content (AvgIpc) is 3.66. The Labute approximate surface area is 381 Å². The quantitative estimate of drug-likeness (QED) is 0.151. The summed E-state index contributed by atoms with van der Waals surface area (Å²) in [5, 5.41) is 2.52. The summed E-state index contributed by atoms with van der Waals surface area (Å²) < 4.78 is 2.43. The third-order valence-electron chi connectivity index (χ3n) is 14.0. The van der Waals surface area contributed by atoms with Crippen LogP contribution in [0.2, 0.25) is 0 Å². The zero-order valence-electron chi connectivity index (χ0n) is 36.4. The van der Waals surface area contributed by atoms with Crippen molar-refractivity contribution < 1.29 is 0 Å². The van der Waals surface area contributed by atoms with Gasteiger partial charge in [0.25, 0.3) is 0 Å². The molecule has 0 bridgehead atoms.